The molecule has 3 heterocycles. The highest BCUT2D eigenvalue weighted by atomic mass is 16.5. The van der Waals surface area contributed by atoms with E-state index in [0.717, 1.165) is 57.6 Å². The number of nitrogens with zero attached hydrogens (tertiary/aromatic N) is 4. The van der Waals surface area contributed by atoms with Gasteiger partial charge in [-0.3, -0.25) is 15.1 Å². The summed E-state index contributed by atoms with van der Waals surface area (Å²) in [5.41, 5.74) is 0.0189. The maximum absolute atomic E-state index is 13.1. The number of Topliss-reactive ketones (excluding diaryl/α,β-unsaturated/α-hetero) is 1. The molecular formula is C30H45N6O3+. The lowest BCUT2D eigenvalue weighted by Crippen LogP contribution is -2.54. The van der Waals surface area contributed by atoms with E-state index in [9.17, 15) is 10.2 Å². The van der Waals surface area contributed by atoms with Gasteiger partial charge in [0, 0.05) is 37.7 Å². The number of allylic oxidation sites excluding steroid dienone is 2. The summed E-state index contributed by atoms with van der Waals surface area (Å²) in [5.74, 6) is 1.91. The number of carbonyl (C=O) groups excluding carboxylic acids is 1. The number of ether oxygens (including phenoxy) is 1. The zero-order valence-electron chi connectivity index (χ0n) is 23.8. The molecule has 2 aliphatic heterocycles. The molecule has 4 N–H and O–H groups in total. The number of nitrogens with one attached hydrogen (secondary N) is 2. The molecule has 1 aromatic heterocycles. The summed E-state index contributed by atoms with van der Waals surface area (Å²) in [6.07, 6.45) is 8.98. The molecule has 5 rings (SSSR count). The summed E-state index contributed by atoms with van der Waals surface area (Å²) in [6, 6.07) is 2.70. The highest BCUT2D eigenvalue weighted by Crippen LogP contribution is 2.48. The topological polar surface area (TPSA) is 117 Å². The van der Waals surface area contributed by atoms with Crippen LogP contribution in [0.4, 0.5) is 5.82 Å². The number of hydrogen-bond acceptors (Lipinski definition) is 8. The van der Waals surface area contributed by atoms with Gasteiger partial charge in [-0.1, -0.05) is 13.0 Å². The van der Waals surface area contributed by atoms with Crippen molar-refractivity contribution in [3.05, 3.63) is 35.9 Å². The van der Waals surface area contributed by atoms with Crippen molar-refractivity contribution in [3.63, 3.8) is 0 Å². The van der Waals surface area contributed by atoms with Gasteiger partial charge in [0.05, 0.1) is 11.6 Å². The lowest BCUT2D eigenvalue weighted by molar-refractivity contribution is -0.131. The van der Waals surface area contributed by atoms with Gasteiger partial charge >= 0.3 is 0 Å². The molecule has 0 amide bonds. The fraction of sp³-hybridized carbons (Fsp3) is 0.667. The van der Waals surface area contributed by atoms with Crippen molar-refractivity contribution in [3.8, 4) is 5.88 Å². The van der Waals surface area contributed by atoms with E-state index in [0.29, 0.717) is 55.0 Å². The number of anilines is 1. The summed E-state index contributed by atoms with van der Waals surface area (Å²) in [4.78, 5) is 27.2. The molecule has 1 spiro atoms. The number of aromatic nitrogens is 2. The van der Waals surface area contributed by atoms with Crippen LogP contribution in [0.5, 0.6) is 5.88 Å². The molecule has 5 atom stereocenters. The van der Waals surface area contributed by atoms with E-state index in [4.69, 9.17) is 19.8 Å². The van der Waals surface area contributed by atoms with Crippen LogP contribution < -0.4 is 15.0 Å². The molecule has 1 aromatic rings. The first kappa shape index (κ1) is 27.8. The molecular weight excluding hydrogens is 492 g/mol. The van der Waals surface area contributed by atoms with Gasteiger partial charge in [0.25, 0.3) is 0 Å². The van der Waals surface area contributed by atoms with Crippen molar-refractivity contribution in [2.24, 2.45) is 5.41 Å². The summed E-state index contributed by atoms with van der Waals surface area (Å²) >= 11 is 0. The molecule has 9 nitrogen and oxygen atoms in total. The Morgan fingerprint density at radius 2 is 1.95 bits per heavy atom. The fourth-order valence-electron chi connectivity index (χ4n) is 7.15. The number of rotatable bonds is 7. The Labute approximate surface area is 232 Å². The number of piperazine rings is 1. The van der Waals surface area contributed by atoms with E-state index in [2.05, 4.69) is 42.6 Å². The molecule has 0 bridgehead atoms. The predicted octanol–water partition coefficient (Wildman–Crippen LogP) is 3.35. The van der Waals surface area contributed by atoms with Crippen LogP contribution in [0.1, 0.15) is 77.5 Å². The minimum absolute atomic E-state index is 0.147. The minimum atomic E-state index is -0.737. The van der Waals surface area contributed by atoms with E-state index in [-0.39, 0.29) is 29.5 Å². The number of hydrogen-bond donors (Lipinski definition) is 2. The Bertz CT molecular complexity index is 1140. The van der Waals surface area contributed by atoms with Crippen molar-refractivity contribution in [2.75, 3.05) is 31.6 Å². The first-order chi connectivity index (χ1) is 18.7. The Morgan fingerprint density at radius 3 is 2.62 bits per heavy atom. The summed E-state index contributed by atoms with van der Waals surface area (Å²) in [7, 11) is 2.11. The highest BCUT2D eigenvalue weighted by Gasteiger charge is 2.50. The quantitative estimate of drug-likeness (QED) is 0.311. The third-order valence-corrected chi connectivity index (χ3v) is 9.14. The molecule has 39 heavy (non-hydrogen) atoms. The van der Waals surface area contributed by atoms with Crippen LogP contribution in [-0.4, -0.2) is 82.4 Å². The lowest BCUT2D eigenvalue weighted by atomic mass is 9.64. The highest BCUT2D eigenvalue weighted by molar-refractivity contribution is 6.09. The molecule has 2 aliphatic carbocycles. The van der Waals surface area contributed by atoms with Crippen LogP contribution in [0.15, 0.2) is 30.1 Å². The van der Waals surface area contributed by atoms with Crippen molar-refractivity contribution < 1.29 is 14.6 Å². The Kier molecular flexibility index (Phi) is 8.10. The second-order valence-corrected chi connectivity index (χ2v) is 12.1. The Balaban J connectivity index is 1.52. The van der Waals surface area contributed by atoms with Crippen LogP contribution in [0.25, 0.3) is 0 Å². The molecule has 0 unspecified atom stereocenters. The zero-order valence-corrected chi connectivity index (χ0v) is 23.8. The molecule has 9 heteroatoms. The molecule has 3 fully saturated rings. The first-order valence-corrected chi connectivity index (χ1v) is 14.7. The van der Waals surface area contributed by atoms with Crippen molar-refractivity contribution >= 4 is 17.3 Å². The maximum Gasteiger partial charge on any atom is 0.248 e. The predicted molar refractivity (Wildman–Crippen MR) is 154 cm³/mol. The van der Waals surface area contributed by atoms with E-state index < -0.39 is 5.41 Å². The minimum Gasteiger partial charge on any atom is -0.595 e. The van der Waals surface area contributed by atoms with Crippen molar-refractivity contribution in [2.45, 2.75) is 95.9 Å². The smallest absolute Gasteiger partial charge is 0.248 e. The van der Waals surface area contributed by atoms with Crippen molar-refractivity contribution in [1.29, 1.82) is 5.41 Å². The van der Waals surface area contributed by atoms with Gasteiger partial charge in [-0.05, 0) is 78.5 Å². The number of ketones is 1. The Morgan fingerprint density at radius 1 is 1.21 bits per heavy atom. The molecule has 1 saturated carbocycles. The SMILES string of the molecule is C=C[C@H](Oc1cc(N2C[C@H](C)N[C@@H](C)C2)nc(C(=N)C2=C([OH2+])[C@]3(CCCCC3=O)CCC2)n1)[C@@H]1CCCN1C. The second-order valence-electron chi connectivity index (χ2n) is 12.1. The first-order valence-electron chi connectivity index (χ1n) is 14.7. The standard InChI is InChI=1S/C30H44N6O3/c1-5-23(22-11-9-15-35(22)4)39-26-16-25(36-17-19(2)32-20(3)18-36)33-29(34-26)27(31)21-10-8-14-30(28(21)38)13-7-6-12-24(30)37/h5,16,19-20,22-23,31-32,38H,1,6-15,17-18H2,2-4H3/p+1/t19-,20-,22-,23-,30+/m0/s1. The van der Waals surface area contributed by atoms with E-state index >= 15 is 0 Å². The monoisotopic (exact) mass is 537 g/mol. The Hall–Kier alpha value is -2.78. The van der Waals surface area contributed by atoms with Crippen LogP contribution in [0, 0.1) is 10.8 Å². The zero-order chi connectivity index (χ0) is 27.7. The maximum atomic E-state index is 13.1. The van der Waals surface area contributed by atoms with Crippen LogP contribution >= 0.6 is 0 Å². The van der Waals surface area contributed by atoms with Crippen LogP contribution in [0.3, 0.4) is 0 Å². The van der Waals surface area contributed by atoms with Gasteiger partial charge in [0.15, 0.2) is 11.6 Å². The van der Waals surface area contributed by atoms with Gasteiger partial charge in [-0.15, -0.1) is 0 Å². The van der Waals surface area contributed by atoms with Gasteiger partial charge < -0.3 is 20.1 Å². The van der Waals surface area contributed by atoms with E-state index in [1.54, 1.807) is 0 Å². The third-order valence-electron chi connectivity index (χ3n) is 9.14. The summed E-state index contributed by atoms with van der Waals surface area (Å²) < 4.78 is 6.47. The third kappa shape index (κ3) is 5.48. The lowest BCUT2D eigenvalue weighted by Gasteiger charge is -2.37. The summed E-state index contributed by atoms with van der Waals surface area (Å²) in [6.45, 7) is 11.0. The second kappa shape index (κ2) is 11.4. The van der Waals surface area contributed by atoms with E-state index in [1.807, 2.05) is 12.1 Å². The fourth-order valence-corrected chi connectivity index (χ4v) is 7.15. The van der Waals surface area contributed by atoms with Gasteiger partial charge in [-0.25, -0.2) is 4.98 Å². The molecule has 4 aliphatic rings. The molecule has 2 saturated heterocycles. The largest absolute Gasteiger partial charge is 0.595 e. The van der Waals surface area contributed by atoms with Crippen molar-refractivity contribution in [1.82, 2.24) is 20.2 Å². The summed E-state index contributed by atoms with van der Waals surface area (Å²) in [5, 5.41) is 21.9. The molecule has 0 radical (unpaired) electrons. The number of carbonyl (C=O) groups is 1. The molecule has 0 aromatic carbocycles. The van der Waals surface area contributed by atoms with Gasteiger partial charge in [0.1, 0.15) is 23.0 Å². The van der Waals surface area contributed by atoms with Crippen LogP contribution in [-0.2, 0) is 4.79 Å². The van der Waals surface area contributed by atoms with E-state index in [1.165, 1.54) is 0 Å². The normalized spacial score (nSPS) is 31.0. The average molecular weight is 538 g/mol. The number of likely N-dealkylation sites (tertiary alicyclic amines) is 1. The molecule has 212 valence electrons. The number of likely N-dealkylation sites (N-methyl/N-ethyl adjacent to an activating group) is 1. The van der Waals surface area contributed by atoms with Gasteiger partial charge in [-0.2, -0.15) is 4.98 Å². The van der Waals surface area contributed by atoms with Crippen LogP contribution in [0.2, 0.25) is 0 Å². The average Bonchev–Trinajstić information content (AvgIpc) is 3.34. The van der Waals surface area contributed by atoms with Gasteiger partial charge in [0.2, 0.25) is 11.6 Å².